The van der Waals surface area contributed by atoms with Crippen molar-refractivity contribution >= 4 is 27.3 Å². The minimum absolute atomic E-state index is 0.0711. The Bertz CT molecular complexity index is 389. The highest BCUT2D eigenvalue weighted by molar-refractivity contribution is 9.10. The van der Waals surface area contributed by atoms with Crippen LogP contribution in [-0.4, -0.2) is 6.04 Å². The Morgan fingerprint density at radius 1 is 1.13 bits per heavy atom. The molecule has 0 bridgehead atoms. The van der Waals surface area contributed by atoms with Crippen molar-refractivity contribution in [3.8, 4) is 0 Å². The molecule has 0 atom stereocenters. The Kier molecular flexibility index (Phi) is 2.54. The smallest absolute Gasteiger partial charge is 0.185 e. The van der Waals surface area contributed by atoms with E-state index in [1.807, 2.05) is 0 Å². The molecule has 82 valence electrons. The fourth-order valence-corrected chi connectivity index (χ4v) is 1.61. The van der Waals surface area contributed by atoms with Crippen LogP contribution in [0.3, 0.4) is 0 Å². The fourth-order valence-electron chi connectivity index (χ4n) is 1.22. The second kappa shape index (κ2) is 3.59. The number of nitrogen functional groups attached to an aromatic ring is 1. The molecule has 0 spiro atoms. The maximum absolute atomic E-state index is 13.4. The molecule has 1 aliphatic carbocycles. The molecule has 0 heterocycles. The SMILES string of the molecule is Nc1c(F)c(Br)c(F)c(F)c1NC1CC1. The van der Waals surface area contributed by atoms with Gasteiger partial charge in [0, 0.05) is 6.04 Å². The Balaban J connectivity index is 2.51. The molecule has 1 aromatic rings. The Labute approximate surface area is 92.8 Å². The van der Waals surface area contributed by atoms with Gasteiger partial charge in [0.2, 0.25) is 0 Å². The van der Waals surface area contributed by atoms with Crippen LogP contribution in [0.15, 0.2) is 4.47 Å². The minimum atomic E-state index is -1.26. The lowest BCUT2D eigenvalue weighted by molar-refractivity contribution is 0.492. The summed E-state index contributed by atoms with van der Waals surface area (Å²) in [7, 11) is 0. The minimum Gasteiger partial charge on any atom is -0.395 e. The molecular formula is C9H8BrF3N2. The van der Waals surface area contributed by atoms with Crippen molar-refractivity contribution < 1.29 is 13.2 Å². The van der Waals surface area contributed by atoms with Gasteiger partial charge in [-0.1, -0.05) is 0 Å². The van der Waals surface area contributed by atoms with Gasteiger partial charge in [-0.05, 0) is 28.8 Å². The van der Waals surface area contributed by atoms with Gasteiger partial charge in [0.1, 0.15) is 5.69 Å². The molecule has 15 heavy (non-hydrogen) atoms. The number of rotatable bonds is 2. The molecule has 0 unspecified atom stereocenters. The third-order valence-corrected chi connectivity index (χ3v) is 2.93. The number of hydrogen-bond donors (Lipinski definition) is 2. The molecular weight excluding hydrogens is 273 g/mol. The van der Waals surface area contributed by atoms with E-state index in [0.717, 1.165) is 12.8 Å². The standard InChI is InChI=1S/C9H8BrF3N2/c10-4-5(11)7(13)9(8(14)6(4)12)15-3-1-2-3/h3,15H,1-2,14H2. The number of halogens is 4. The van der Waals surface area contributed by atoms with Crippen molar-refractivity contribution in [3.05, 3.63) is 21.9 Å². The van der Waals surface area contributed by atoms with Crippen molar-refractivity contribution in [2.75, 3.05) is 11.1 Å². The van der Waals surface area contributed by atoms with Crippen LogP contribution in [-0.2, 0) is 0 Å². The van der Waals surface area contributed by atoms with E-state index in [2.05, 4.69) is 21.2 Å². The van der Waals surface area contributed by atoms with Gasteiger partial charge in [-0.3, -0.25) is 0 Å². The van der Waals surface area contributed by atoms with E-state index in [4.69, 9.17) is 5.73 Å². The van der Waals surface area contributed by atoms with Crippen molar-refractivity contribution in [1.29, 1.82) is 0 Å². The summed E-state index contributed by atoms with van der Waals surface area (Å²) < 4.78 is 39.2. The molecule has 0 amide bonds. The first kappa shape index (κ1) is 10.6. The molecule has 1 aliphatic rings. The molecule has 2 nitrogen and oxygen atoms in total. The Morgan fingerprint density at radius 3 is 2.27 bits per heavy atom. The normalized spacial score (nSPS) is 15.5. The van der Waals surface area contributed by atoms with Crippen molar-refractivity contribution in [2.24, 2.45) is 0 Å². The van der Waals surface area contributed by atoms with E-state index < -0.39 is 27.6 Å². The summed E-state index contributed by atoms with van der Waals surface area (Å²) in [6.07, 6.45) is 1.72. The third kappa shape index (κ3) is 1.78. The maximum Gasteiger partial charge on any atom is 0.185 e. The fraction of sp³-hybridized carbons (Fsp3) is 0.333. The van der Waals surface area contributed by atoms with E-state index in [9.17, 15) is 13.2 Å². The maximum atomic E-state index is 13.4. The Morgan fingerprint density at radius 2 is 1.73 bits per heavy atom. The summed E-state index contributed by atoms with van der Waals surface area (Å²) in [6.45, 7) is 0. The highest BCUT2D eigenvalue weighted by Crippen LogP contribution is 2.37. The quantitative estimate of drug-likeness (QED) is 0.497. The Hall–Kier alpha value is -0.910. The average Bonchev–Trinajstić information content (AvgIpc) is 3.02. The van der Waals surface area contributed by atoms with Gasteiger partial charge >= 0.3 is 0 Å². The van der Waals surface area contributed by atoms with Gasteiger partial charge in [0.05, 0.1) is 10.2 Å². The molecule has 2 rings (SSSR count). The lowest BCUT2D eigenvalue weighted by Gasteiger charge is -2.12. The summed E-state index contributed by atoms with van der Waals surface area (Å²) in [5, 5.41) is 2.66. The molecule has 0 aromatic heterocycles. The van der Waals surface area contributed by atoms with Crippen LogP contribution in [0.25, 0.3) is 0 Å². The second-order valence-corrected chi connectivity index (χ2v) is 4.26. The molecule has 0 saturated heterocycles. The van der Waals surface area contributed by atoms with E-state index in [1.54, 1.807) is 0 Å². The zero-order valence-electron chi connectivity index (χ0n) is 7.58. The lowest BCUT2D eigenvalue weighted by Crippen LogP contribution is -2.10. The third-order valence-electron chi connectivity index (χ3n) is 2.23. The van der Waals surface area contributed by atoms with Crippen LogP contribution < -0.4 is 11.1 Å². The van der Waals surface area contributed by atoms with Crippen LogP contribution in [0, 0.1) is 17.5 Å². The molecule has 0 radical (unpaired) electrons. The largest absolute Gasteiger partial charge is 0.395 e. The monoisotopic (exact) mass is 280 g/mol. The predicted octanol–water partition coefficient (Wildman–Crippen LogP) is 3.02. The van der Waals surface area contributed by atoms with Crippen molar-refractivity contribution in [1.82, 2.24) is 0 Å². The van der Waals surface area contributed by atoms with E-state index >= 15 is 0 Å². The van der Waals surface area contributed by atoms with Crippen molar-refractivity contribution in [3.63, 3.8) is 0 Å². The topological polar surface area (TPSA) is 38.0 Å². The zero-order chi connectivity index (χ0) is 11.2. The highest BCUT2D eigenvalue weighted by atomic mass is 79.9. The average molecular weight is 281 g/mol. The number of anilines is 2. The molecule has 6 heteroatoms. The summed E-state index contributed by atoms with van der Waals surface area (Å²) >= 11 is 2.60. The summed E-state index contributed by atoms with van der Waals surface area (Å²) in [5.41, 5.74) is 4.68. The number of hydrogen-bond acceptors (Lipinski definition) is 2. The van der Waals surface area contributed by atoms with Gasteiger partial charge in [0.15, 0.2) is 17.5 Å². The van der Waals surface area contributed by atoms with Crippen LogP contribution in [0.2, 0.25) is 0 Å². The number of nitrogens with two attached hydrogens (primary N) is 1. The molecule has 1 fully saturated rings. The lowest BCUT2D eigenvalue weighted by atomic mass is 10.2. The van der Waals surface area contributed by atoms with Gasteiger partial charge < -0.3 is 11.1 Å². The van der Waals surface area contributed by atoms with E-state index in [1.165, 1.54) is 0 Å². The molecule has 3 N–H and O–H groups in total. The van der Waals surface area contributed by atoms with Crippen molar-refractivity contribution in [2.45, 2.75) is 18.9 Å². The first-order valence-corrected chi connectivity index (χ1v) is 5.19. The summed E-state index contributed by atoms with van der Waals surface area (Å²) in [4.78, 5) is 0. The van der Waals surface area contributed by atoms with Gasteiger partial charge in [0.25, 0.3) is 0 Å². The van der Waals surface area contributed by atoms with Gasteiger partial charge in [-0.2, -0.15) is 0 Å². The van der Waals surface area contributed by atoms with Crippen LogP contribution in [0.5, 0.6) is 0 Å². The van der Waals surface area contributed by atoms with Crippen LogP contribution >= 0.6 is 15.9 Å². The number of benzene rings is 1. The van der Waals surface area contributed by atoms with E-state index in [-0.39, 0.29) is 11.7 Å². The summed E-state index contributed by atoms with van der Waals surface area (Å²) in [5.74, 6) is -3.38. The summed E-state index contributed by atoms with van der Waals surface area (Å²) in [6, 6.07) is 0.0711. The molecule has 1 saturated carbocycles. The van der Waals surface area contributed by atoms with Crippen LogP contribution in [0.1, 0.15) is 12.8 Å². The van der Waals surface area contributed by atoms with Gasteiger partial charge in [-0.25, -0.2) is 13.2 Å². The van der Waals surface area contributed by atoms with E-state index in [0.29, 0.717) is 0 Å². The second-order valence-electron chi connectivity index (χ2n) is 3.46. The molecule has 1 aromatic carbocycles. The van der Waals surface area contributed by atoms with Gasteiger partial charge in [-0.15, -0.1) is 0 Å². The predicted molar refractivity (Wildman–Crippen MR) is 55.1 cm³/mol. The van der Waals surface area contributed by atoms with Crippen LogP contribution in [0.4, 0.5) is 24.5 Å². The number of nitrogens with one attached hydrogen (secondary N) is 1. The molecule has 0 aliphatic heterocycles. The first-order valence-electron chi connectivity index (χ1n) is 4.40. The highest BCUT2D eigenvalue weighted by Gasteiger charge is 2.27. The first-order chi connectivity index (χ1) is 7.02. The zero-order valence-corrected chi connectivity index (χ0v) is 9.17.